The van der Waals surface area contributed by atoms with Crippen LogP contribution in [0.15, 0.2) is 24.3 Å². The summed E-state index contributed by atoms with van der Waals surface area (Å²) in [6, 6.07) is 0. The van der Waals surface area contributed by atoms with Crippen molar-refractivity contribution in [3.8, 4) is 0 Å². The fraction of sp³-hybridized carbons (Fsp3) is 0.714. The van der Waals surface area contributed by atoms with E-state index >= 15 is 0 Å². The van der Waals surface area contributed by atoms with Gasteiger partial charge in [-0.15, -0.1) is 0 Å². The first-order chi connectivity index (χ1) is 24.4. The van der Waals surface area contributed by atoms with Crippen LogP contribution in [0.25, 0.3) is 0 Å². The second kappa shape index (κ2) is 24.9. The Morgan fingerprint density at radius 3 is 1.29 bits per heavy atom. The standard InChI is InChI=1S/C35H54N2O14/c1-24(2)32(40)44-17-15-36-34(42)50-28(20-46-26-11-7-5-8-12-26)22-48-30(38)19-31(39)49-23-29(21-47-27-13-9-6-10-14-27)51-35(43)37-16-18-45-33(41)25(3)4/h26-29H,1,3,5-23H2,2,4H3,(H,36,42)(H,37,43). The Morgan fingerprint density at radius 2 is 0.941 bits per heavy atom. The van der Waals surface area contributed by atoms with Gasteiger partial charge in [0.25, 0.3) is 0 Å². The quantitative estimate of drug-likeness (QED) is 0.0539. The largest absolute Gasteiger partial charge is 0.461 e. The summed E-state index contributed by atoms with van der Waals surface area (Å²) < 4.78 is 42.9. The molecule has 2 saturated carbocycles. The SMILES string of the molecule is C=C(C)C(=O)OCCNC(=O)OC(COC(=O)CC(=O)OCC(COC1CCCCC1)OC(=O)NCCOC(=O)C(=C)C)COC1CCCCC1. The maximum atomic E-state index is 12.5. The topological polar surface area (TPSA) is 200 Å². The lowest BCUT2D eigenvalue weighted by molar-refractivity contribution is -0.159. The minimum absolute atomic E-state index is 0.0152. The van der Waals surface area contributed by atoms with E-state index in [-0.39, 0.29) is 76.1 Å². The van der Waals surface area contributed by atoms with Crippen LogP contribution in [0.2, 0.25) is 0 Å². The Hall–Kier alpha value is -4.18. The normalized spacial score (nSPS) is 16.0. The molecular formula is C35H54N2O14. The number of alkyl carbamates (subject to hydrolysis) is 2. The Balaban J connectivity index is 1.83. The van der Waals surface area contributed by atoms with Crippen LogP contribution in [0.3, 0.4) is 0 Å². The number of carbonyl (C=O) groups is 6. The van der Waals surface area contributed by atoms with Crippen LogP contribution in [0.5, 0.6) is 0 Å². The number of carbonyl (C=O) groups excluding carboxylic acids is 6. The lowest BCUT2D eigenvalue weighted by Crippen LogP contribution is -2.38. The summed E-state index contributed by atoms with van der Waals surface area (Å²) in [6.45, 7) is 8.85. The van der Waals surface area contributed by atoms with E-state index in [1.807, 2.05) is 0 Å². The molecule has 2 unspecified atom stereocenters. The van der Waals surface area contributed by atoms with Gasteiger partial charge < -0.3 is 48.5 Å². The summed E-state index contributed by atoms with van der Waals surface area (Å²) >= 11 is 0. The van der Waals surface area contributed by atoms with Gasteiger partial charge in [-0.05, 0) is 39.5 Å². The van der Waals surface area contributed by atoms with Gasteiger partial charge >= 0.3 is 36.1 Å². The molecule has 288 valence electrons. The molecule has 2 aliphatic rings. The number of esters is 4. The minimum Gasteiger partial charge on any atom is -0.461 e. The van der Waals surface area contributed by atoms with Crippen molar-refractivity contribution < 1.29 is 66.7 Å². The molecular weight excluding hydrogens is 672 g/mol. The Labute approximate surface area is 299 Å². The van der Waals surface area contributed by atoms with Gasteiger partial charge in [0, 0.05) is 11.1 Å². The van der Waals surface area contributed by atoms with Crippen molar-refractivity contribution in [3.05, 3.63) is 24.3 Å². The van der Waals surface area contributed by atoms with Crippen LogP contribution < -0.4 is 10.6 Å². The molecule has 0 heterocycles. The first-order valence-electron chi connectivity index (χ1n) is 17.5. The van der Waals surface area contributed by atoms with Gasteiger partial charge in [0.2, 0.25) is 0 Å². The molecule has 2 amide bonds. The molecule has 2 fully saturated rings. The van der Waals surface area contributed by atoms with Gasteiger partial charge in [0.15, 0.2) is 12.2 Å². The van der Waals surface area contributed by atoms with Gasteiger partial charge in [-0.25, -0.2) is 19.2 Å². The van der Waals surface area contributed by atoms with Crippen LogP contribution in [0.1, 0.15) is 84.5 Å². The summed E-state index contributed by atoms with van der Waals surface area (Å²) in [6.07, 6.45) is 5.34. The van der Waals surface area contributed by atoms with E-state index in [4.69, 9.17) is 37.9 Å². The maximum Gasteiger partial charge on any atom is 0.407 e. The highest BCUT2D eigenvalue weighted by Crippen LogP contribution is 2.21. The Kier molecular flexibility index (Phi) is 21.0. The zero-order valence-electron chi connectivity index (χ0n) is 29.9. The van der Waals surface area contributed by atoms with E-state index in [9.17, 15) is 28.8 Å². The first-order valence-corrected chi connectivity index (χ1v) is 17.5. The van der Waals surface area contributed by atoms with Crippen molar-refractivity contribution in [2.24, 2.45) is 0 Å². The highest BCUT2D eigenvalue weighted by atomic mass is 16.6. The molecule has 51 heavy (non-hydrogen) atoms. The third-order valence-electron chi connectivity index (χ3n) is 7.74. The van der Waals surface area contributed by atoms with Gasteiger partial charge in [0.05, 0.1) is 38.5 Å². The van der Waals surface area contributed by atoms with Crippen LogP contribution in [0.4, 0.5) is 9.59 Å². The molecule has 2 atom stereocenters. The summed E-state index contributed by atoms with van der Waals surface area (Å²) in [5, 5.41) is 4.90. The Morgan fingerprint density at radius 1 is 0.569 bits per heavy atom. The summed E-state index contributed by atoms with van der Waals surface area (Å²) in [7, 11) is 0. The molecule has 0 aliphatic heterocycles. The van der Waals surface area contributed by atoms with Crippen molar-refractivity contribution >= 4 is 36.1 Å². The highest BCUT2D eigenvalue weighted by molar-refractivity contribution is 5.91. The molecule has 0 aromatic rings. The third kappa shape index (κ3) is 20.3. The molecule has 0 spiro atoms. The van der Waals surface area contributed by atoms with E-state index in [0.717, 1.165) is 64.2 Å². The second-order valence-corrected chi connectivity index (χ2v) is 12.5. The molecule has 2 N–H and O–H groups in total. The number of nitrogens with one attached hydrogen (secondary N) is 2. The van der Waals surface area contributed by atoms with E-state index in [2.05, 4.69) is 23.8 Å². The van der Waals surface area contributed by atoms with E-state index in [0.29, 0.717) is 0 Å². The summed E-state index contributed by atoms with van der Waals surface area (Å²) in [5.41, 5.74) is 0.444. The van der Waals surface area contributed by atoms with Crippen LogP contribution in [-0.2, 0) is 57.1 Å². The van der Waals surface area contributed by atoms with E-state index in [1.54, 1.807) is 0 Å². The predicted octanol–water partition coefficient (Wildman–Crippen LogP) is 3.59. The van der Waals surface area contributed by atoms with Crippen molar-refractivity contribution in [3.63, 3.8) is 0 Å². The fourth-order valence-electron chi connectivity index (χ4n) is 5.00. The average Bonchev–Trinajstić information content (AvgIpc) is 3.11. The van der Waals surface area contributed by atoms with Crippen LogP contribution in [0, 0.1) is 0 Å². The van der Waals surface area contributed by atoms with Gasteiger partial charge in [-0.3, -0.25) is 9.59 Å². The van der Waals surface area contributed by atoms with Crippen molar-refractivity contribution in [2.45, 2.75) is 109 Å². The monoisotopic (exact) mass is 726 g/mol. The predicted molar refractivity (Wildman–Crippen MR) is 180 cm³/mol. The summed E-state index contributed by atoms with van der Waals surface area (Å²) in [4.78, 5) is 72.8. The highest BCUT2D eigenvalue weighted by Gasteiger charge is 2.25. The number of rotatable bonds is 22. The molecule has 2 aliphatic carbocycles. The molecule has 0 aromatic carbocycles. The van der Waals surface area contributed by atoms with E-state index in [1.165, 1.54) is 13.8 Å². The van der Waals surface area contributed by atoms with E-state index < -0.39 is 54.7 Å². The first kappa shape index (κ1) is 43.0. The zero-order valence-corrected chi connectivity index (χ0v) is 29.9. The minimum atomic E-state index is -0.984. The number of ether oxygens (including phenoxy) is 8. The molecule has 2 rings (SSSR count). The molecule has 0 aromatic heterocycles. The number of hydrogen-bond donors (Lipinski definition) is 2. The van der Waals surface area contributed by atoms with Crippen LogP contribution >= 0.6 is 0 Å². The lowest BCUT2D eigenvalue weighted by atomic mass is 9.98. The second-order valence-electron chi connectivity index (χ2n) is 12.5. The Bertz CT molecular complexity index is 1080. The molecule has 0 saturated heterocycles. The lowest BCUT2D eigenvalue weighted by Gasteiger charge is -2.25. The number of hydrogen-bond acceptors (Lipinski definition) is 14. The van der Waals surface area contributed by atoms with Gasteiger partial charge in [-0.2, -0.15) is 0 Å². The third-order valence-corrected chi connectivity index (χ3v) is 7.74. The molecule has 16 nitrogen and oxygen atoms in total. The smallest absolute Gasteiger partial charge is 0.407 e. The average molecular weight is 727 g/mol. The molecule has 0 bridgehead atoms. The van der Waals surface area contributed by atoms with Crippen molar-refractivity contribution in [1.82, 2.24) is 10.6 Å². The maximum absolute atomic E-state index is 12.5. The zero-order chi connectivity index (χ0) is 37.4. The molecule has 16 heteroatoms. The number of amides is 2. The van der Waals surface area contributed by atoms with Crippen LogP contribution in [-0.4, -0.2) is 113 Å². The van der Waals surface area contributed by atoms with Gasteiger partial charge in [0.1, 0.15) is 32.8 Å². The molecule has 0 radical (unpaired) electrons. The fourth-order valence-corrected chi connectivity index (χ4v) is 5.00. The van der Waals surface area contributed by atoms with Gasteiger partial charge in [-0.1, -0.05) is 51.7 Å². The van der Waals surface area contributed by atoms with Crippen molar-refractivity contribution in [2.75, 3.05) is 52.7 Å². The van der Waals surface area contributed by atoms with Crippen molar-refractivity contribution in [1.29, 1.82) is 0 Å². The summed E-state index contributed by atoms with van der Waals surface area (Å²) in [5.74, 6) is -3.05.